The van der Waals surface area contributed by atoms with Crippen LogP contribution in [0.1, 0.15) is 16.1 Å². The predicted molar refractivity (Wildman–Crippen MR) is 119 cm³/mol. The van der Waals surface area contributed by atoms with Gasteiger partial charge in [0.05, 0.1) is 7.11 Å². The van der Waals surface area contributed by atoms with Gasteiger partial charge in [0.25, 0.3) is 5.69 Å². The number of para-hydroxylation sites is 1. The number of hydrogen-bond donors (Lipinski definition) is 0. The summed E-state index contributed by atoms with van der Waals surface area (Å²) in [5.41, 5.74) is 3.68. The third kappa shape index (κ3) is 4.14. The maximum absolute atomic E-state index is 12.8. The van der Waals surface area contributed by atoms with Crippen molar-refractivity contribution in [3.05, 3.63) is 88.2 Å². The lowest BCUT2D eigenvalue weighted by Crippen LogP contribution is -2.30. The molecule has 0 aliphatic carbocycles. The van der Waals surface area contributed by atoms with Gasteiger partial charge >= 0.3 is 0 Å². The Morgan fingerprint density at radius 2 is 1.77 bits per heavy atom. The van der Waals surface area contributed by atoms with E-state index in [1.165, 1.54) is 6.20 Å². The Labute approximate surface area is 179 Å². The van der Waals surface area contributed by atoms with Crippen LogP contribution in [0.4, 0.5) is 0 Å². The van der Waals surface area contributed by atoms with Crippen LogP contribution >= 0.6 is 11.3 Å². The van der Waals surface area contributed by atoms with Gasteiger partial charge < -0.3 is 14.7 Å². The minimum atomic E-state index is 0.407. The molecule has 0 saturated heterocycles. The molecule has 152 valence electrons. The van der Waals surface area contributed by atoms with Crippen LogP contribution in [-0.4, -0.2) is 12.1 Å². The molecular weight excluding hydrogens is 396 g/mol. The zero-order chi connectivity index (χ0) is 21.1. The van der Waals surface area contributed by atoms with E-state index in [1.54, 1.807) is 18.4 Å². The fraction of sp³-hybridized carbons (Fsp3) is 0.167. The second-order valence-corrected chi connectivity index (χ2v) is 8.22. The predicted octanol–water partition coefficient (Wildman–Crippen LogP) is 5.31. The summed E-state index contributed by atoms with van der Waals surface area (Å²) in [6, 6.07) is 19.3. The molecule has 0 saturated carbocycles. The Morgan fingerprint density at radius 1 is 1.00 bits per heavy atom. The minimum absolute atomic E-state index is 0.407. The van der Waals surface area contributed by atoms with E-state index in [1.807, 2.05) is 74.5 Å². The average Bonchev–Trinajstić information content (AvgIpc) is 3.18. The highest BCUT2D eigenvalue weighted by molar-refractivity contribution is 7.15. The van der Waals surface area contributed by atoms with Crippen molar-refractivity contribution in [2.75, 3.05) is 7.11 Å². The lowest BCUT2D eigenvalue weighted by molar-refractivity contribution is -0.593. The quantitative estimate of drug-likeness (QED) is 0.314. The van der Waals surface area contributed by atoms with Crippen LogP contribution in [0.2, 0.25) is 0 Å². The molecule has 0 amide bonds. The van der Waals surface area contributed by atoms with Crippen LogP contribution in [-0.2, 0) is 6.61 Å². The number of hydrogen-bond acceptors (Lipinski definition) is 5. The number of aromatic nitrogens is 2. The summed E-state index contributed by atoms with van der Waals surface area (Å²) in [6.45, 7) is 4.30. The van der Waals surface area contributed by atoms with E-state index in [0.717, 1.165) is 31.4 Å². The molecule has 2 aromatic carbocycles. The molecule has 0 unspecified atom stereocenters. The molecule has 0 aliphatic heterocycles. The number of nitrogens with zero attached hydrogens (tertiary/aromatic N) is 2. The first-order valence-electron chi connectivity index (χ1n) is 9.58. The van der Waals surface area contributed by atoms with E-state index in [0.29, 0.717) is 29.4 Å². The highest BCUT2D eigenvalue weighted by atomic mass is 32.1. The first kappa shape index (κ1) is 19.9. The molecular formula is C24H22N2O3S. The van der Waals surface area contributed by atoms with Gasteiger partial charge in [-0.1, -0.05) is 24.3 Å². The van der Waals surface area contributed by atoms with Crippen LogP contribution in [0.15, 0.2) is 66.9 Å². The van der Waals surface area contributed by atoms with Crippen molar-refractivity contribution in [1.29, 1.82) is 0 Å². The zero-order valence-corrected chi connectivity index (χ0v) is 17.9. The van der Waals surface area contributed by atoms with Crippen molar-refractivity contribution < 1.29 is 14.2 Å². The number of rotatable bonds is 6. The van der Waals surface area contributed by atoms with Gasteiger partial charge in [-0.2, -0.15) is 4.73 Å². The number of aryl methyl sites for hydroxylation is 2. The van der Waals surface area contributed by atoms with Crippen LogP contribution in [0.5, 0.6) is 11.5 Å². The van der Waals surface area contributed by atoms with Crippen molar-refractivity contribution >= 4 is 11.3 Å². The summed E-state index contributed by atoms with van der Waals surface area (Å²) < 4.78 is 12.2. The van der Waals surface area contributed by atoms with E-state index < -0.39 is 0 Å². The first-order chi connectivity index (χ1) is 14.5. The van der Waals surface area contributed by atoms with Gasteiger partial charge in [0.2, 0.25) is 6.20 Å². The number of ether oxygens (including phenoxy) is 2. The zero-order valence-electron chi connectivity index (χ0n) is 17.1. The smallest absolute Gasteiger partial charge is 0.255 e. The minimum Gasteiger partial charge on any atom is -0.618 e. The molecule has 0 bridgehead atoms. The Balaban J connectivity index is 1.63. The fourth-order valence-electron chi connectivity index (χ4n) is 3.26. The van der Waals surface area contributed by atoms with Gasteiger partial charge in [-0.3, -0.25) is 0 Å². The highest BCUT2D eigenvalue weighted by Gasteiger charge is 2.20. The summed E-state index contributed by atoms with van der Waals surface area (Å²) in [6.07, 6.45) is 1.52. The topological polar surface area (TPSA) is 58.3 Å². The largest absolute Gasteiger partial charge is 0.618 e. The third-order valence-corrected chi connectivity index (χ3v) is 5.79. The van der Waals surface area contributed by atoms with Crippen LogP contribution in [0, 0.1) is 19.1 Å². The second-order valence-electron chi connectivity index (χ2n) is 6.93. The molecule has 6 heteroatoms. The van der Waals surface area contributed by atoms with Crippen molar-refractivity contribution in [2.45, 2.75) is 20.5 Å². The van der Waals surface area contributed by atoms with Crippen molar-refractivity contribution in [3.63, 3.8) is 0 Å². The number of benzene rings is 2. The SMILES string of the molecule is COc1ccc(COc2ccccc2-c2c[n+]([O-])c(-c3ccc(C)s3)c(C)n2)cc1. The number of methoxy groups -OCH3 is 1. The summed E-state index contributed by atoms with van der Waals surface area (Å²) in [5, 5.41) is 12.8. The molecule has 0 radical (unpaired) electrons. The summed E-state index contributed by atoms with van der Waals surface area (Å²) in [4.78, 5) is 6.80. The van der Waals surface area contributed by atoms with Crippen LogP contribution < -0.4 is 14.2 Å². The molecule has 2 aromatic heterocycles. The average molecular weight is 419 g/mol. The van der Waals surface area contributed by atoms with Crippen LogP contribution in [0.25, 0.3) is 21.8 Å². The van der Waals surface area contributed by atoms with Gasteiger partial charge in [-0.25, -0.2) is 4.98 Å². The third-order valence-electron chi connectivity index (χ3n) is 4.78. The molecule has 4 aromatic rings. The van der Waals surface area contributed by atoms with Crippen molar-refractivity contribution in [3.8, 4) is 33.3 Å². The molecule has 4 rings (SSSR count). The number of thiophene rings is 1. The van der Waals surface area contributed by atoms with Gasteiger partial charge in [0, 0.05) is 10.4 Å². The molecule has 0 atom stereocenters. The Hall–Kier alpha value is -3.38. The van der Waals surface area contributed by atoms with E-state index >= 15 is 0 Å². The molecule has 30 heavy (non-hydrogen) atoms. The van der Waals surface area contributed by atoms with Gasteiger partial charge in [0.15, 0.2) is 0 Å². The normalized spacial score (nSPS) is 10.8. The molecule has 0 aliphatic rings. The monoisotopic (exact) mass is 418 g/mol. The standard InChI is InChI=1S/C24H22N2O3S/c1-16-8-13-23(30-16)24-17(2)25-21(14-26(24)27)20-6-4-5-7-22(20)29-15-18-9-11-19(28-3)12-10-18/h4-14H,15H2,1-3H3. The molecule has 2 heterocycles. The lowest BCUT2D eigenvalue weighted by Gasteiger charge is -2.13. The Kier molecular flexibility index (Phi) is 5.68. The second kappa shape index (κ2) is 8.55. The lowest BCUT2D eigenvalue weighted by atomic mass is 10.1. The molecule has 0 N–H and O–H groups in total. The van der Waals surface area contributed by atoms with Gasteiger partial charge in [-0.15, -0.1) is 11.3 Å². The molecule has 0 fully saturated rings. The fourth-order valence-corrected chi connectivity index (χ4v) is 4.22. The molecule has 5 nitrogen and oxygen atoms in total. The van der Waals surface area contributed by atoms with E-state index in [2.05, 4.69) is 0 Å². The van der Waals surface area contributed by atoms with Gasteiger partial charge in [-0.05, 0) is 55.8 Å². The first-order valence-corrected chi connectivity index (χ1v) is 10.4. The summed E-state index contributed by atoms with van der Waals surface area (Å²) >= 11 is 1.59. The van der Waals surface area contributed by atoms with Crippen LogP contribution in [0.3, 0.4) is 0 Å². The Morgan fingerprint density at radius 3 is 2.43 bits per heavy atom. The van der Waals surface area contributed by atoms with E-state index in [9.17, 15) is 5.21 Å². The molecule has 0 spiro atoms. The maximum atomic E-state index is 12.8. The van der Waals surface area contributed by atoms with Crippen molar-refractivity contribution in [1.82, 2.24) is 4.98 Å². The van der Waals surface area contributed by atoms with Gasteiger partial charge in [0.1, 0.15) is 34.4 Å². The van der Waals surface area contributed by atoms with Crippen molar-refractivity contribution in [2.24, 2.45) is 0 Å². The summed E-state index contributed by atoms with van der Waals surface area (Å²) in [5.74, 6) is 1.49. The van der Waals surface area contributed by atoms with E-state index in [4.69, 9.17) is 14.5 Å². The highest BCUT2D eigenvalue weighted by Crippen LogP contribution is 2.32. The summed E-state index contributed by atoms with van der Waals surface area (Å²) in [7, 11) is 1.64. The maximum Gasteiger partial charge on any atom is 0.255 e. The van der Waals surface area contributed by atoms with E-state index in [-0.39, 0.29) is 0 Å². The Bertz CT molecular complexity index is 1150.